The lowest BCUT2D eigenvalue weighted by Crippen LogP contribution is -2.54. The molecule has 2 amide bonds. The Morgan fingerprint density at radius 2 is 1.88 bits per heavy atom. The third-order valence-corrected chi connectivity index (χ3v) is 5.41. The molecule has 2 aliphatic rings. The standard InChI is InChI=1S/C19H30N4O2/c1-15-16(2)25-13-12-23(15)19(24)20-14-17-6-4-5-7-18(17)22-10-8-21(3)9-11-22/h4-7,15-16H,8-14H2,1-3H3,(H,20,24)/t15-,16+/m1/s1. The van der Waals surface area contributed by atoms with Crippen LogP contribution in [0.25, 0.3) is 0 Å². The monoisotopic (exact) mass is 346 g/mol. The molecular formula is C19H30N4O2. The van der Waals surface area contributed by atoms with Crippen molar-refractivity contribution in [3.05, 3.63) is 29.8 Å². The normalized spacial score (nSPS) is 25.1. The van der Waals surface area contributed by atoms with E-state index in [1.165, 1.54) is 11.3 Å². The number of ether oxygens (including phenoxy) is 1. The molecule has 25 heavy (non-hydrogen) atoms. The van der Waals surface area contributed by atoms with Gasteiger partial charge in [-0.25, -0.2) is 4.79 Å². The van der Waals surface area contributed by atoms with Crippen molar-refractivity contribution in [3.63, 3.8) is 0 Å². The number of hydrogen-bond acceptors (Lipinski definition) is 4. The first kappa shape index (κ1) is 18.0. The highest BCUT2D eigenvalue weighted by molar-refractivity contribution is 5.75. The van der Waals surface area contributed by atoms with Crippen LogP contribution in [-0.2, 0) is 11.3 Å². The minimum Gasteiger partial charge on any atom is -0.375 e. The predicted octanol–water partition coefficient (Wildman–Crippen LogP) is 1.76. The molecule has 2 aliphatic heterocycles. The number of urea groups is 1. The Labute approximate surface area is 150 Å². The van der Waals surface area contributed by atoms with Crippen LogP contribution in [0.15, 0.2) is 24.3 Å². The first-order valence-electron chi connectivity index (χ1n) is 9.23. The second-order valence-corrected chi connectivity index (χ2v) is 7.09. The third kappa shape index (κ3) is 4.25. The molecule has 0 aliphatic carbocycles. The second-order valence-electron chi connectivity index (χ2n) is 7.09. The summed E-state index contributed by atoms with van der Waals surface area (Å²) in [6.45, 7) is 10.1. The number of piperazine rings is 1. The maximum Gasteiger partial charge on any atom is 0.318 e. The number of rotatable bonds is 3. The highest BCUT2D eigenvalue weighted by atomic mass is 16.5. The van der Waals surface area contributed by atoms with Crippen LogP contribution in [0, 0.1) is 0 Å². The van der Waals surface area contributed by atoms with E-state index in [0.717, 1.165) is 26.2 Å². The molecule has 0 saturated carbocycles. The fourth-order valence-electron chi connectivity index (χ4n) is 3.51. The Hall–Kier alpha value is -1.79. The minimum atomic E-state index is -0.00386. The molecule has 2 saturated heterocycles. The average Bonchev–Trinajstić information content (AvgIpc) is 2.63. The van der Waals surface area contributed by atoms with Gasteiger partial charge in [0.15, 0.2) is 0 Å². The molecule has 0 radical (unpaired) electrons. The number of para-hydroxylation sites is 1. The van der Waals surface area contributed by atoms with Gasteiger partial charge in [0, 0.05) is 45.0 Å². The van der Waals surface area contributed by atoms with E-state index in [-0.39, 0.29) is 18.2 Å². The lowest BCUT2D eigenvalue weighted by Gasteiger charge is -2.38. The van der Waals surface area contributed by atoms with Gasteiger partial charge >= 0.3 is 6.03 Å². The highest BCUT2D eigenvalue weighted by Crippen LogP contribution is 2.22. The van der Waals surface area contributed by atoms with Gasteiger partial charge in [0.2, 0.25) is 0 Å². The first-order valence-corrected chi connectivity index (χ1v) is 9.23. The van der Waals surface area contributed by atoms with E-state index in [2.05, 4.69) is 40.4 Å². The van der Waals surface area contributed by atoms with Gasteiger partial charge in [-0.3, -0.25) is 0 Å². The van der Waals surface area contributed by atoms with E-state index in [1.807, 2.05) is 24.8 Å². The van der Waals surface area contributed by atoms with Gasteiger partial charge in [0.1, 0.15) is 0 Å². The Morgan fingerprint density at radius 3 is 2.64 bits per heavy atom. The van der Waals surface area contributed by atoms with Crippen LogP contribution in [-0.4, -0.2) is 74.4 Å². The number of anilines is 1. The molecular weight excluding hydrogens is 316 g/mol. The van der Waals surface area contributed by atoms with Gasteiger partial charge < -0.3 is 24.8 Å². The quantitative estimate of drug-likeness (QED) is 0.906. The number of hydrogen-bond donors (Lipinski definition) is 1. The molecule has 1 aromatic carbocycles. The van der Waals surface area contributed by atoms with E-state index in [1.54, 1.807) is 0 Å². The number of carbonyl (C=O) groups is 1. The number of amides is 2. The summed E-state index contributed by atoms with van der Waals surface area (Å²) in [7, 11) is 2.16. The van der Waals surface area contributed by atoms with Crippen LogP contribution in [0.3, 0.4) is 0 Å². The zero-order chi connectivity index (χ0) is 17.8. The molecule has 6 heteroatoms. The molecule has 1 aromatic rings. The summed E-state index contributed by atoms with van der Waals surface area (Å²) in [5.41, 5.74) is 2.41. The van der Waals surface area contributed by atoms with Crippen LogP contribution < -0.4 is 10.2 Å². The van der Waals surface area contributed by atoms with Gasteiger partial charge in [0.05, 0.1) is 18.8 Å². The lowest BCUT2D eigenvalue weighted by molar-refractivity contribution is -0.0376. The van der Waals surface area contributed by atoms with E-state index < -0.39 is 0 Å². The summed E-state index contributed by atoms with van der Waals surface area (Å²) in [5, 5.41) is 3.10. The molecule has 0 unspecified atom stereocenters. The summed E-state index contributed by atoms with van der Waals surface area (Å²) in [6.07, 6.45) is 0.0807. The first-order chi connectivity index (χ1) is 12.1. The molecule has 1 N–H and O–H groups in total. The molecule has 6 nitrogen and oxygen atoms in total. The molecule has 138 valence electrons. The van der Waals surface area contributed by atoms with E-state index in [0.29, 0.717) is 19.7 Å². The number of morpholine rings is 1. The van der Waals surface area contributed by atoms with Gasteiger partial charge in [-0.05, 0) is 32.5 Å². The Bertz CT molecular complexity index is 587. The fraction of sp³-hybridized carbons (Fsp3) is 0.632. The third-order valence-electron chi connectivity index (χ3n) is 5.41. The molecule has 0 bridgehead atoms. The smallest absolute Gasteiger partial charge is 0.318 e. The number of carbonyl (C=O) groups excluding carboxylic acids is 1. The topological polar surface area (TPSA) is 48.1 Å². The average molecular weight is 346 g/mol. The molecule has 2 heterocycles. The molecule has 2 fully saturated rings. The SMILES string of the molecule is C[C@@H]1OCCN(C(=O)NCc2ccccc2N2CCN(C)CC2)[C@@H]1C. The van der Waals surface area contributed by atoms with Crippen molar-refractivity contribution < 1.29 is 9.53 Å². The maximum absolute atomic E-state index is 12.6. The van der Waals surface area contributed by atoms with Crippen LogP contribution in [0.2, 0.25) is 0 Å². The maximum atomic E-state index is 12.6. The number of nitrogens with zero attached hydrogens (tertiary/aromatic N) is 3. The van der Waals surface area contributed by atoms with Crippen molar-refractivity contribution in [2.24, 2.45) is 0 Å². The summed E-state index contributed by atoms with van der Waals surface area (Å²) < 4.78 is 5.61. The van der Waals surface area contributed by atoms with Gasteiger partial charge in [-0.15, -0.1) is 0 Å². The molecule has 3 rings (SSSR count). The fourth-order valence-corrected chi connectivity index (χ4v) is 3.51. The van der Waals surface area contributed by atoms with Gasteiger partial charge in [-0.2, -0.15) is 0 Å². The minimum absolute atomic E-state index is 0.00386. The predicted molar refractivity (Wildman–Crippen MR) is 100.0 cm³/mol. The Morgan fingerprint density at radius 1 is 1.16 bits per heavy atom. The Kier molecular flexibility index (Phi) is 5.81. The van der Waals surface area contributed by atoms with Crippen LogP contribution >= 0.6 is 0 Å². The lowest BCUT2D eigenvalue weighted by atomic mass is 10.1. The molecule has 0 spiro atoms. The summed E-state index contributed by atoms with van der Waals surface area (Å²) in [4.78, 5) is 19.2. The van der Waals surface area contributed by atoms with Gasteiger partial charge in [-0.1, -0.05) is 18.2 Å². The molecule has 0 aromatic heterocycles. The van der Waals surface area contributed by atoms with Crippen LogP contribution in [0.4, 0.5) is 10.5 Å². The largest absolute Gasteiger partial charge is 0.375 e. The van der Waals surface area contributed by atoms with Crippen LogP contribution in [0.1, 0.15) is 19.4 Å². The highest BCUT2D eigenvalue weighted by Gasteiger charge is 2.29. The number of benzene rings is 1. The van der Waals surface area contributed by atoms with Gasteiger partial charge in [0.25, 0.3) is 0 Å². The van der Waals surface area contributed by atoms with E-state index in [4.69, 9.17) is 4.74 Å². The van der Waals surface area contributed by atoms with Crippen molar-refractivity contribution in [1.82, 2.24) is 15.1 Å². The van der Waals surface area contributed by atoms with Crippen molar-refractivity contribution in [2.45, 2.75) is 32.5 Å². The van der Waals surface area contributed by atoms with Crippen molar-refractivity contribution in [3.8, 4) is 0 Å². The van der Waals surface area contributed by atoms with Crippen molar-refractivity contribution in [2.75, 3.05) is 51.3 Å². The summed E-state index contributed by atoms with van der Waals surface area (Å²) in [6, 6.07) is 8.48. The summed E-state index contributed by atoms with van der Waals surface area (Å²) >= 11 is 0. The summed E-state index contributed by atoms with van der Waals surface area (Å²) in [5.74, 6) is 0. The zero-order valence-corrected chi connectivity index (χ0v) is 15.6. The van der Waals surface area contributed by atoms with E-state index >= 15 is 0 Å². The van der Waals surface area contributed by atoms with E-state index in [9.17, 15) is 4.79 Å². The molecule has 2 atom stereocenters. The van der Waals surface area contributed by atoms with Crippen molar-refractivity contribution >= 4 is 11.7 Å². The van der Waals surface area contributed by atoms with Crippen LogP contribution in [0.5, 0.6) is 0 Å². The Balaban J connectivity index is 1.62. The number of nitrogens with one attached hydrogen (secondary N) is 1. The second kappa shape index (κ2) is 8.06. The zero-order valence-electron chi connectivity index (χ0n) is 15.6. The number of likely N-dealkylation sites (N-methyl/N-ethyl adjacent to an activating group) is 1. The van der Waals surface area contributed by atoms with Crippen molar-refractivity contribution in [1.29, 1.82) is 0 Å².